The second-order valence-corrected chi connectivity index (χ2v) is 5.43. The number of hydrogen-bond donors (Lipinski definition) is 1. The molecule has 5 heteroatoms. The van der Waals surface area contributed by atoms with Crippen LogP contribution in [0.15, 0.2) is 18.2 Å². The number of anilines is 1. The van der Waals surface area contributed by atoms with Gasteiger partial charge in [0.2, 0.25) is 0 Å². The summed E-state index contributed by atoms with van der Waals surface area (Å²) < 4.78 is 38.6. The van der Waals surface area contributed by atoms with E-state index in [9.17, 15) is 13.2 Å². The van der Waals surface area contributed by atoms with E-state index in [1.165, 1.54) is 12.1 Å². The van der Waals surface area contributed by atoms with Crippen LogP contribution in [0.5, 0.6) is 0 Å². The number of rotatable bonds is 4. The van der Waals surface area contributed by atoms with Gasteiger partial charge in [0.15, 0.2) is 0 Å². The summed E-state index contributed by atoms with van der Waals surface area (Å²) in [7, 11) is 1.88. The molecule has 1 N–H and O–H groups in total. The van der Waals surface area contributed by atoms with Crippen molar-refractivity contribution in [3.8, 4) is 0 Å². The number of fused-ring (bicyclic) bond motifs is 1. The highest BCUT2D eigenvalue weighted by atomic mass is 19.4. The molecule has 0 radical (unpaired) electrons. The highest BCUT2D eigenvalue weighted by molar-refractivity contribution is 5.61. The van der Waals surface area contributed by atoms with Crippen molar-refractivity contribution < 1.29 is 13.2 Å². The van der Waals surface area contributed by atoms with Crippen molar-refractivity contribution in [1.82, 2.24) is 5.32 Å². The Morgan fingerprint density at radius 2 is 2.10 bits per heavy atom. The summed E-state index contributed by atoms with van der Waals surface area (Å²) in [6.07, 6.45) is -3.42. The summed E-state index contributed by atoms with van der Waals surface area (Å²) in [5.41, 5.74) is 1.24. The number of hydrogen-bond acceptors (Lipinski definition) is 2. The number of benzene rings is 1. The molecule has 20 heavy (non-hydrogen) atoms. The van der Waals surface area contributed by atoms with Gasteiger partial charge in [-0.3, -0.25) is 0 Å². The quantitative estimate of drug-likeness (QED) is 0.909. The molecule has 0 saturated heterocycles. The molecule has 1 aromatic carbocycles. The Morgan fingerprint density at radius 1 is 1.40 bits per heavy atom. The normalized spacial score (nSPS) is 20.1. The zero-order valence-corrected chi connectivity index (χ0v) is 12.1. The Morgan fingerprint density at radius 3 is 2.65 bits per heavy atom. The molecule has 1 aliphatic heterocycles. The number of nitrogens with zero attached hydrogens (tertiary/aromatic N) is 1. The molecule has 1 aliphatic rings. The summed E-state index contributed by atoms with van der Waals surface area (Å²) in [4.78, 5) is 2.16. The molecule has 0 amide bonds. The predicted octanol–water partition coefficient (Wildman–Crippen LogP) is 3.63. The molecule has 1 aromatic rings. The lowest BCUT2D eigenvalue weighted by atomic mass is 9.93. The van der Waals surface area contributed by atoms with Gasteiger partial charge in [0.25, 0.3) is 0 Å². The highest BCUT2D eigenvalue weighted by Crippen LogP contribution is 2.41. The maximum atomic E-state index is 12.9. The third-order valence-corrected chi connectivity index (χ3v) is 4.09. The molecule has 0 aliphatic carbocycles. The van der Waals surface area contributed by atoms with E-state index in [-0.39, 0.29) is 5.92 Å². The van der Waals surface area contributed by atoms with Crippen LogP contribution in [-0.4, -0.2) is 26.2 Å². The van der Waals surface area contributed by atoms with Crippen LogP contribution in [0.3, 0.4) is 0 Å². The topological polar surface area (TPSA) is 15.3 Å². The van der Waals surface area contributed by atoms with Crippen LogP contribution in [0.4, 0.5) is 18.9 Å². The van der Waals surface area contributed by atoms with E-state index >= 15 is 0 Å². The maximum absolute atomic E-state index is 12.9. The molecule has 0 fully saturated rings. The zero-order chi connectivity index (χ0) is 14.9. The van der Waals surface area contributed by atoms with Crippen molar-refractivity contribution in [2.75, 3.05) is 25.0 Å². The molecular weight excluding hydrogens is 265 g/mol. The lowest BCUT2D eigenvalue weighted by Gasteiger charge is -2.18. The summed E-state index contributed by atoms with van der Waals surface area (Å²) >= 11 is 0. The second-order valence-electron chi connectivity index (χ2n) is 5.43. The number of halogens is 3. The summed E-state index contributed by atoms with van der Waals surface area (Å²) in [6, 6.07) is 4.42. The Kier molecular flexibility index (Phi) is 4.28. The number of likely N-dealkylation sites (N-methyl/N-ethyl adjacent to an activating group) is 1. The van der Waals surface area contributed by atoms with Crippen LogP contribution >= 0.6 is 0 Å². The Hall–Kier alpha value is -1.23. The Labute approximate surface area is 118 Å². The van der Waals surface area contributed by atoms with Gasteiger partial charge in [-0.2, -0.15) is 13.2 Å². The largest absolute Gasteiger partial charge is 0.416 e. The van der Waals surface area contributed by atoms with Gasteiger partial charge in [-0.25, -0.2) is 0 Å². The van der Waals surface area contributed by atoms with Crippen molar-refractivity contribution in [2.45, 2.75) is 38.4 Å². The van der Waals surface area contributed by atoms with Gasteiger partial charge in [-0.15, -0.1) is 0 Å². The number of nitrogens with one attached hydrogen (secondary N) is 1. The SMILES string of the molecule is CCN1CC(CC(C)NC)c2cc(C(F)(F)F)ccc21. The smallest absolute Gasteiger partial charge is 0.371 e. The van der Waals surface area contributed by atoms with Crippen LogP contribution in [0.2, 0.25) is 0 Å². The predicted molar refractivity (Wildman–Crippen MR) is 75.2 cm³/mol. The fraction of sp³-hybridized carbons (Fsp3) is 0.600. The van der Waals surface area contributed by atoms with Gasteiger partial charge in [0, 0.05) is 30.7 Å². The van der Waals surface area contributed by atoms with Gasteiger partial charge in [-0.05, 0) is 51.1 Å². The van der Waals surface area contributed by atoms with Crippen LogP contribution in [0.25, 0.3) is 0 Å². The van der Waals surface area contributed by atoms with Crippen LogP contribution in [-0.2, 0) is 6.18 Å². The summed E-state index contributed by atoms with van der Waals surface area (Å²) in [6.45, 7) is 5.72. The van der Waals surface area contributed by atoms with Crippen molar-refractivity contribution in [3.63, 3.8) is 0 Å². The Balaban J connectivity index is 2.34. The second kappa shape index (κ2) is 5.64. The number of alkyl halides is 3. The fourth-order valence-electron chi connectivity index (χ4n) is 2.85. The fourth-order valence-corrected chi connectivity index (χ4v) is 2.85. The molecule has 0 spiro atoms. The van der Waals surface area contributed by atoms with E-state index in [1.54, 1.807) is 6.07 Å². The van der Waals surface area contributed by atoms with Crippen molar-refractivity contribution in [2.24, 2.45) is 0 Å². The minimum absolute atomic E-state index is 0.162. The van der Waals surface area contributed by atoms with Crippen molar-refractivity contribution in [3.05, 3.63) is 29.3 Å². The molecule has 2 nitrogen and oxygen atoms in total. The molecule has 0 bridgehead atoms. The summed E-state index contributed by atoms with van der Waals surface area (Å²) in [5, 5.41) is 3.16. The average Bonchev–Trinajstić information content (AvgIpc) is 2.75. The van der Waals surface area contributed by atoms with Crippen LogP contribution in [0.1, 0.15) is 37.3 Å². The molecule has 112 valence electrons. The first-order valence-corrected chi connectivity index (χ1v) is 7.00. The van der Waals surface area contributed by atoms with E-state index in [0.29, 0.717) is 6.04 Å². The Bertz CT molecular complexity index is 469. The summed E-state index contributed by atoms with van der Waals surface area (Å²) in [5.74, 6) is 0.162. The van der Waals surface area contributed by atoms with Gasteiger partial charge >= 0.3 is 6.18 Å². The van der Waals surface area contributed by atoms with Crippen LogP contribution < -0.4 is 10.2 Å². The molecule has 0 saturated carbocycles. The average molecular weight is 286 g/mol. The minimum Gasteiger partial charge on any atom is -0.371 e. The third-order valence-electron chi connectivity index (χ3n) is 4.09. The van der Waals surface area contributed by atoms with E-state index in [4.69, 9.17) is 0 Å². The maximum Gasteiger partial charge on any atom is 0.416 e. The molecule has 0 aromatic heterocycles. The van der Waals surface area contributed by atoms with E-state index in [0.717, 1.165) is 30.8 Å². The van der Waals surface area contributed by atoms with Gasteiger partial charge in [0.05, 0.1) is 5.56 Å². The molecule has 2 rings (SSSR count). The first-order chi connectivity index (χ1) is 9.36. The molecule has 2 unspecified atom stereocenters. The monoisotopic (exact) mass is 286 g/mol. The highest BCUT2D eigenvalue weighted by Gasteiger charge is 2.35. The molecular formula is C15H21F3N2. The molecule has 1 heterocycles. The van der Waals surface area contributed by atoms with Crippen LogP contribution in [0, 0.1) is 0 Å². The minimum atomic E-state index is -4.27. The first kappa shape index (κ1) is 15.2. The van der Waals surface area contributed by atoms with E-state index in [2.05, 4.69) is 17.1 Å². The van der Waals surface area contributed by atoms with E-state index < -0.39 is 11.7 Å². The zero-order valence-electron chi connectivity index (χ0n) is 12.1. The van der Waals surface area contributed by atoms with E-state index in [1.807, 2.05) is 14.0 Å². The van der Waals surface area contributed by atoms with Crippen molar-refractivity contribution >= 4 is 5.69 Å². The van der Waals surface area contributed by atoms with Gasteiger partial charge in [0.1, 0.15) is 0 Å². The third kappa shape index (κ3) is 2.92. The van der Waals surface area contributed by atoms with Crippen molar-refractivity contribution in [1.29, 1.82) is 0 Å². The first-order valence-electron chi connectivity index (χ1n) is 7.00. The van der Waals surface area contributed by atoms with Gasteiger partial charge in [-0.1, -0.05) is 0 Å². The lowest BCUT2D eigenvalue weighted by Crippen LogP contribution is -2.26. The van der Waals surface area contributed by atoms with Gasteiger partial charge < -0.3 is 10.2 Å². The standard InChI is InChI=1S/C15H21F3N2/c1-4-20-9-11(7-10(2)19-3)13-8-12(15(16,17)18)5-6-14(13)20/h5-6,8,10-11,19H,4,7,9H2,1-3H3. The lowest BCUT2D eigenvalue weighted by molar-refractivity contribution is -0.137. The molecule has 2 atom stereocenters.